The van der Waals surface area contributed by atoms with E-state index in [4.69, 9.17) is 0 Å². The van der Waals surface area contributed by atoms with Crippen molar-refractivity contribution in [2.24, 2.45) is 0 Å². The van der Waals surface area contributed by atoms with Gasteiger partial charge in [-0.15, -0.1) is 0 Å². The fourth-order valence-electron chi connectivity index (χ4n) is 2.52. The van der Waals surface area contributed by atoms with Gasteiger partial charge >= 0.3 is 0 Å². The zero-order valence-electron chi connectivity index (χ0n) is 13.8. The van der Waals surface area contributed by atoms with Crippen molar-refractivity contribution >= 4 is 9.84 Å². The number of hydrogen-bond acceptors (Lipinski definition) is 5. The topological polar surface area (TPSA) is 80.2 Å². The highest BCUT2D eigenvalue weighted by Gasteiger charge is 2.14. The van der Waals surface area contributed by atoms with Crippen LogP contribution in [0.25, 0.3) is 11.3 Å². The van der Waals surface area contributed by atoms with Crippen molar-refractivity contribution in [3.63, 3.8) is 0 Å². The summed E-state index contributed by atoms with van der Waals surface area (Å²) >= 11 is 0. The maximum Gasteiger partial charge on any atom is 0.153 e. The number of rotatable bonds is 5. The smallest absolute Gasteiger partial charge is 0.153 e. The van der Waals surface area contributed by atoms with Crippen molar-refractivity contribution in [3.8, 4) is 17.0 Å². The molecule has 2 aromatic carbocycles. The highest BCUT2D eigenvalue weighted by Crippen LogP contribution is 2.22. The van der Waals surface area contributed by atoms with Gasteiger partial charge in [0.25, 0.3) is 0 Å². The molecule has 25 heavy (non-hydrogen) atoms. The Morgan fingerprint density at radius 2 is 1.64 bits per heavy atom. The van der Waals surface area contributed by atoms with Crippen molar-refractivity contribution in [1.29, 1.82) is 0 Å². The van der Waals surface area contributed by atoms with Crippen molar-refractivity contribution in [1.82, 2.24) is 9.97 Å². The first-order valence-electron chi connectivity index (χ1n) is 7.76. The summed E-state index contributed by atoms with van der Waals surface area (Å²) < 4.78 is 23.4. The largest absolute Gasteiger partial charge is 0.508 e. The number of aromatic hydroxyl groups is 1. The molecule has 128 valence electrons. The third-order valence-electron chi connectivity index (χ3n) is 3.71. The van der Waals surface area contributed by atoms with Crippen LogP contribution in [-0.4, -0.2) is 29.7 Å². The van der Waals surface area contributed by atoms with Gasteiger partial charge in [0.2, 0.25) is 0 Å². The molecule has 1 N–H and O–H groups in total. The van der Waals surface area contributed by atoms with Crippen LogP contribution in [-0.2, 0) is 22.0 Å². The summed E-state index contributed by atoms with van der Waals surface area (Å²) in [6.07, 6.45) is 3.26. The molecule has 1 heterocycles. The quantitative estimate of drug-likeness (QED) is 0.762. The van der Waals surface area contributed by atoms with Crippen LogP contribution in [0.5, 0.6) is 5.75 Å². The minimum absolute atomic E-state index is 0.141. The number of aromatic nitrogens is 2. The average molecular weight is 354 g/mol. The molecular formula is C19H18N2O3S. The lowest BCUT2D eigenvalue weighted by molar-refractivity contribution is 0.475. The first kappa shape index (κ1) is 17.1. The van der Waals surface area contributed by atoms with Crippen LogP contribution in [0, 0.1) is 0 Å². The van der Waals surface area contributed by atoms with Gasteiger partial charge in [0, 0.05) is 18.2 Å². The summed E-state index contributed by atoms with van der Waals surface area (Å²) in [4.78, 5) is 9.00. The molecule has 6 heteroatoms. The van der Waals surface area contributed by atoms with Crippen LogP contribution in [0.1, 0.15) is 17.0 Å². The molecule has 0 aliphatic carbocycles. The molecule has 0 radical (unpaired) electrons. The molecule has 3 aromatic rings. The van der Waals surface area contributed by atoms with Crippen LogP contribution >= 0.6 is 0 Å². The van der Waals surface area contributed by atoms with E-state index in [1.165, 1.54) is 6.26 Å². The monoisotopic (exact) mass is 354 g/mol. The summed E-state index contributed by atoms with van der Waals surface area (Å²) in [5, 5.41) is 9.42. The standard InChI is InChI=1S/C19H18N2O3S/c1-25(23,24)13-19-17(11-14-5-3-2-4-6-14)21-18(12-20-19)15-7-9-16(22)10-8-15/h2-10,12,22H,11,13H2,1H3. The predicted molar refractivity (Wildman–Crippen MR) is 96.9 cm³/mol. The second-order valence-electron chi connectivity index (χ2n) is 5.93. The summed E-state index contributed by atoms with van der Waals surface area (Å²) in [7, 11) is -3.21. The molecule has 0 atom stereocenters. The molecule has 0 aliphatic rings. The maximum atomic E-state index is 11.7. The molecule has 0 fully saturated rings. The molecule has 0 unspecified atom stereocenters. The number of benzene rings is 2. The molecule has 0 amide bonds. The van der Waals surface area contributed by atoms with Crippen molar-refractivity contribution in [2.45, 2.75) is 12.2 Å². The van der Waals surface area contributed by atoms with E-state index in [0.717, 1.165) is 11.1 Å². The minimum atomic E-state index is -3.21. The zero-order valence-corrected chi connectivity index (χ0v) is 14.6. The summed E-state index contributed by atoms with van der Waals surface area (Å²) in [6, 6.07) is 16.4. The Balaban J connectivity index is 2.03. The Morgan fingerprint density at radius 3 is 2.28 bits per heavy atom. The molecule has 3 rings (SSSR count). The van der Waals surface area contributed by atoms with Crippen molar-refractivity contribution in [2.75, 3.05) is 6.26 Å². The van der Waals surface area contributed by atoms with Gasteiger partial charge in [0.05, 0.1) is 29.0 Å². The second kappa shape index (κ2) is 7.03. The Bertz CT molecular complexity index is 969. The first-order chi connectivity index (χ1) is 11.9. The van der Waals surface area contributed by atoms with Crippen LogP contribution in [0.2, 0.25) is 0 Å². The number of sulfone groups is 1. The molecule has 0 saturated heterocycles. The minimum Gasteiger partial charge on any atom is -0.508 e. The highest BCUT2D eigenvalue weighted by molar-refractivity contribution is 7.89. The Kier molecular flexibility index (Phi) is 4.81. The number of hydrogen-bond donors (Lipinski definition) is 1. The molecular weight excluding hydrogens is 336 g/mol. The normalized spacial score (nSPS) is 11.4. The number of phenols is 1. The highest BCUT2D eigenvalue weighted by atomic mass is 32.2. The van der Waals surface area contributed by atoms with Gasteiger partial charge in [-0.1, -0.05) is 30.3 Å². The lowest BCUT2D eigenvalue weighted by atomic mass is 10.1. The maximum absolute atomic E-state index is 11.7. The SMILES string of the molecule is CS(=O)(=O)Cc1ncc(-c2ccc(O)cc2)nc1Cc1ccccc1. The van der Waals surface area contributed by atoms with E-state index in [9.17, 15) is 13.5 Å². The van der Waals surface area contributed by atoms with E-state index >= 15 is 0 Å². The van der Waals surface area contributed by atoms with E-state index in [0.29, 0.717) is 23.5 Å². The van der Waals surface area contributed by atoms with E-state index in [1.54, 1.807) is 30.5 Å². The molecule has 5 nitrogen and oxygen atoms in total. The summed E-state index contributed by atoms with van der Waals surface area (Å²) in [5.41, 5.74) is 3.60. The van der Waals surface area contributed by atoms with E-state index < -0.39 is 9.84 Å². The molecule has 0 saturated carbocycles. The van der Waals surface area contributed by atoms with Crippen LogP contribution in [0.4, 0.5) is 0 Å². The third-order valence-corrected chi connectivity index (χ3v) is 4.51. The van der Waals surface area contributed by atoms with Crippen LogP contribution in [0.15, 0.2) is 60.8 Å². The molecule has 1 aromatic heterocycles. The van der Waals surface area contributed by atoms with Crippen LogP contribution in [0.3, 0.4) is 0 Å². The first-order valence-corrected chi connectivity index (χ1v) is 9.82. The van der Waals surface area contributed by atoms with E-state index in [1.807, 2.05) is 30.3 Å². The Labute approximate surface area is 146 Å². The Hall–Kier alpha value is -2.73. The van der Waals surface area contributed by atoms with Gasteiger partial charge in [-0.2, -0.15) is 0 Å². The zero-order chi connectivity index (χ0) is 17.9. The lowest BCUT2D eigenvalue weighted by Gasteiger charge is -2.10. The third kappa shape index (κ3) is 4.64. The second-order valence-corrected chi connectivity index (χ2v) is 8.07. The van der Waals surface area contributed by atoms with Crippen LogP contribution < -0.4 is 0 Å². The van der Waals surface area contributed by atoms with Crippen molar-refractivity contribution in [3.05, 3.63) is 77.7 Å². The molecule has 0 aliphatic heterocycles. The van der Waals surface area contributed by atoms with E-state index in [2.05, 4.69) is 9.97 Å². The summed E-state index contributed by atoms with van der Waals surface area (Å²) in [5.74, 6) is 0.0350. The van der Waals surface area contributed by atoms with Gasteiger partial charge in [0.15, 0.2) is 9.84 Å². The number of phenolic OH excluding ortho intramolecular Hbond substituents is 1. The van der Waals surface area contributed by atoms with Crippen molar-refractivity contribution < 1.29 is 13.5 Å². The molecule has 0 bridgehead atoms. The van der Waals surface area contributed by atoms with Gasteiger partial charge in [-0.3, -0.25) is 4.98 Å². The van der Waals surface area contributed by atoms with Gasteiger partial charge in [0.1, 0.15) is 5.75 Å². The fourth-order valence-corrected chi connectivity index (χ4v) is 3.26. The summed E-state index contributed by atoms with van der Waals surface area (Å²) in [6.45, 7) is 0. The van der Waals surface area contributed by atoms with E-state index in [-0.39, 0.29) is 11.5 Å². The predicted octanol–water partition coefficient (Wildman–Crippen LogP) is 2.98. The van der Waals surface area contributed by atoms with Gasteiger partial charge in [-0.05, 0) is 29.8 Å². The Morgan fingerprint density at radius 1 is 0.960 bits per heavy atom. The fraction of sp³-hybridized carbons (Fsp3) is 0.158. The van der Waals surface area contributed by atoms with Gasteiger partial charge < -0.3 is 5.11 Å². The van der Waals surface area contributed by atoms with Gasteiger partial charge in [-0.25, -0.2) is 13.4 Å². The lowest BCUT2D eigenvalue weighted by Crippen LogP contribution is -2.09. The average Bonchev–Trinajstić information content (AvgIpc) is 2.57. The molecule has 0 spiro atoms. The number of nitrogens with zero attached hydrogens (tertiary/aromatic N) is 2.